The molecule has 0 aliphatic carbocycles. The number of carbonyl (C=O) groups excluding carboxylic acids is 1. The van der Waals surface area contributed by atoms with Crippen LogP contribution in [-0.4, -0.2) is 23.9 Å². The van der Waals surface area contributed by atoms with E-state index in [0.717, 1.165) is 12.8 Å². The van der Waals surface area contributed by atoms with E-state index in [1.54, 1.807) is 23.1 Å². The van der Waals surface area contributed by atoms with Crippen molar-refractivity contribution in [1.29, 1.82) is 0 Å². The van der Waals surface area contributed by atoms with Gasteiger partial charge in [-0.3, -0.25) is 4.79 Å². The number of nitrogens with two attached hydrogens (primary N) is 1. The molecule has 1 amide bonds. The van der Waals surface area contributed by atoms with Crippen LogP contribution in [0.2, 0.25) is 5.02 Å². The van der Waals surface area contributed by atoms with E-state index in [1.807, 2.05) is 7.05 Å². The maximum atomic E-state index is 12.2. The Morgan fingerprint density at radius 1 is 1.41 bits per heavy atom. The van der Waals surface area contributed by atoms with Crippen molar-refractivity contribution < 1.29 is 4.79 Å². The Kier molecular flexibility index (Phi) is 4.82. The van der Waals surface area contributed by atoms with Gasteiger partial charge in [0.05, 0.1) is 10.6 Å². The molecule has 1 rings (SSSR count). The number of hydrogen-bond acceptors (Lipinski definition) is 2. The zero-order valence-electron chi connectivity index (χ0n) is 10.5. The summed E-state index contributed by atoms with van der Waals surface area (Å²) in [4.78, 5) is 14.0. The second kappa shape index (κ2) is 5.92. The van der Waals surface area contributed by atoms with E-state index in [9.17, 15) is 4.79 Å². The third kappa shape index (κ3) is 3.13. The number of benzene rings is 1. The maximum absolute atomic E-state index is 12.2. The molecule has 1 aromatic rings. The first-order valence-electron chi connectivity index (χ1n) is 5.83. The molecule has 94 valence electrons. The lowest BCUT2D eigenvalue weighted by Gasteiger charge is -2.26. The fourth-order valence-corrected chi connectivity index (χ4v) is 2.17. The molecule has 3 nitrogen and oxygen atoms in total. The van der Waals surface area contributed by atoms with Crippen molar-refractivity contribution in [2.75, 3.05) is 12.8 Å². The van der Waals surface area contributed by atoms with Crippen LogP contribution in [0.3, 0.4) is 0 Å². The predicted molar refractivity (Wildman–Crippen MR) is 72.3 cm³/mol. The summed E-state index contributed by atoms with van der Waals surface area (Å²) >= 11 is 6.03. The molecule has 17 heavy (non-hydrogen) atoms. The van der Waals surface area contributed by atoms with E-state index < -0.39 is 0 Å². The van der Waals surface area contributed by atoms with Gasteiger partial charge in [-0.1, -0.05) is 25.4 Å². The predicted octanol–water partition coefficient (Wildman–Crippen LogP) is 3.18. The molecule has 0 spiro atoms. The summed E-state index contributed by atoms with van der Waals surface area (Å²) in [6, 6.07) is 5.23. The second-order valence-electron chi connectivity index (χ2n) is 4.13. The Labute approximate surface area is 108 Å². The fraction of sp³-hybridized carbons (Fsp3) is 0.462. The lowest BCUT2D eigenvalue weighted by molar-refractivity contribution is 0.0724. The number of carbonyl (C=O) groups is 1. The standard InChI is InChI=1S/C13H19ClN2O/c1-4-10(5-2)16(3)13(17)11-7-6-9(15)8-12(11)14/h6-8,10H,4-5,15H2,1-3H3. The minimum absolute atomic E-state index is 0.0521. The summed E-state index contributed by atoms with van der Waals surface area (Å²) < 4.78 is 0. The van der Waals surface area contributed by atoms with E-state index in [1.165, 1.54) is 0 Å². The molecular weight excluding hydrogens is 236 g/mol. The number of anilines is 1. The third-order valence-electron chi connectivity index (χ3n) is 3.03. The van der Waals surface area contributed by atoms with E-state index in [0.29, 0.717) is 16.3 Å². The molecule has 1 aromatic carbocycles. The lowest BCUT2D eigenvalue weighted by Crippen LogP contribution is -2.36. The van der Waals surface area contributed by atoms with Crippen molar-refractivity contribution >= 4 is 23.2 Å². The van der Waals surface area contributed by atoms with Crippen LogP contribution in [0.1, 0.15) is 37.0 Å². The highest BCUT2D eigenvalue weighted by Gasteiger charge is 2.20. The highest BCUT2D eigenvalue weighted by Crippen LogP contribution is 2.21. The highest BCUT2D eigenvalue weighted by atomic mass is 35.5. The first-order valence-corrected chi connectivity index (χ1v) is 6.21. The first kappa shape index (κ1) is 13.8. The average Bonchev–Trinajstić information content (AvgIpc) is 2.29. The smallest absolute Gasteiger partial charge is 0.255 e. The van der Waals surface area contributed by atoms with Gasteiger partial charge in [0.1, 0.15) is 0 Å². The topological polar surface area (TPSA) is 46.3 Å². The van der Waals surface area contributed by atoms with Crippen LogP contribution in [0.5, 0.6) is 0 Å². The van der Waals surface area contributed by atoms with Crippen molar-refractivity contribution in [2.45, 2.75) is 32.7 Å². The highest BCUT2D eigenvalue weighted by molar-refractivity contribution is 6.34. The Balaban J connectivity index is 2.96. The van der Waals surface area contributed by atoms with Gasteiger partial charge >= 0.3 is 0 Å². The lowest BCUT2D eigenvalue weighted by atomic mass is 10.1. The molecule has 0 heterocycles. The Morgan fingerprint density at radius 3 is 2.47 bits per heavy atom. The molecule has 0 unspecified atom stereocenters. The Morgan fingerprint density at radius 2 is 2.00 bits per heavy atom. The largest absolute Gasteiger partial charge is 0.399 e. The number of nitrogens with zero attached hydrogens (tertiary/aromatic N) is 1. The van der Waals surface area contributed by atoms with E-state index in [4.69, 9.17) is 17.3 Å². The van der Waals surface area contributed by atoms with Crippen molar-refractivity contribution in [2.24, 2.45) is 0 Å². The molecule has 0 aromatic heterocycles. The van der Waals surface area contributed by atoms with Crippen LogP contribution >= 0.6 is 11.6 Å². The molecule has 0 saturated heterocycles. The van der Waals surface area contributed by atoms with Crippen molar-refractivity contribution in [1.82, 2.24) is 4.90 Å². The number of hydrogen-bond donors (Lipinski definition) is 1. The van der Waals surface area contributed by atoms with Crippen molar-refractivity contribution in [3.63, 3.8) is 0 Å². The zero-order chi connectivity index (χ0) is 13.0. The number of halogens is 1. The van der Waals surface area contributed by atoms with Gasteiger partial charge in [0.25, 0.3) is 5.91 Å². The van der Waals surface area contributed by atoms with Gasteiger partial charge in [-0.25, -0.2) is 0 Å². The van der Waals surface area contributed by atoms with Gasteiger partial charge in [-0.2, -0.15) is 0 Å². The molecule has 0 aliphatic rings. The van der Waals surface area contributed by atoms with Crippen LogP contribution in [0.25, 0.3) is 0 Å². The molecule has 0 radical (unpaired) electrons. The first-order chi connectivity index (χ1) is 8.01. The average molecular weight is 255 g/mol. The van der Waals surface area contributed by atoms with Crippen LogP contribution in [0.15, 0.2) is 18.2 Å². The molecule has 0 bridgehead atoms. The second-order valence-corrected chi connectivity index (χ2v) is 4.53. The number of nitrogen functional groups attached to an aromatic ring is 1. The van der Waals surface area contributed by atoms with E-state index in [2.05, 4.69) is 13.8 Å². The van der Waals surface area contributed by atoms with Crippen LogP contribution in [0.4, 0.5) is 5.69 Å². The summed E-state index contributed by atoms with van der Waals surface area (Å²) in [7, 11) is 1.81. The fourth-order valence-electron chi connectivity index (χ4n) is 1.90. The van der Waals surface area contributed by atoms with Crippen LogP contribution in [-0.2, 0) is 0 Å². The molecule has 0 saturated carbocycles. The maximum Gasteiger partial charge on any atom is 0.255 e. The normalized spacial score (nSPS) is 10.6. The van der Waals surface area contributed by atoms with E-state index >= 15 is 0 Å². The van der Waals surface area contributed by atoms with Gasteiger partial charge in [0.15, 0.2) is 0 Å². The van der Waals surface area contributed by atoms with E-state index in [-0.39, 0.29) is 11.9 Å². The number of amides is 1. The summed E-state index contributed by atoms with van der Waals surface area (Å²) in [6.07, 6.45) is 1.87. The van der Waals surface area contributed by atoms with Crippen LogP contribution < -0.4 is 5.73 Å². The van der Waals surface area contributed by atoms with Crippen molar-refractivity contribution in [3.05, 3.63) is 28.8 Å². The summed E-state index contributed by atoms with van der Waals surface area (Å²) in [5, 5.41) is 0.410. The summed E-state index contributed by atoms with van der Waals surface area (Å²) in [5.41, 5.74) is 6.68. The van der Waals surface area contributed by atoms with Crippen LogP contribution in [0, 0.1) is 0 Å². The summed E-state index contributed by atoms with van der Waals surface area (Å²) in [5.74, 6) is -0.0521. The van der Waals surface area contributed by atoms with Gasteiger partial charge in [0, 0.05) is 18.8 Å². The summed E-state index contributed by atoms with van der Waals surface area (Å²) in [6.45, 7) is 4.14. The SMILES string of the molecule is CCC(CC)N(C)C(=O)c1ccc(N)cc1Cl. The van der Waals surface area contributed by atoms with Crippen molar-refractivity contribution in [3.8, 4) is 0 Å². The number of rotatable bonds is 4. The zero-order valence-corrected chi connectivity index (χ0v) is 11.3. The molecular formula is C13H19ClN2O. The Bertz CT molecular complexity index is 402. The monoisotopic (exact) mass is 254 g/mol. The van der Waals surface area contributed by atoms with Gasteiger partial charge < -0.3 is 10.6 Å². The van der Waals surface area contributed by atoms with Gasteiger partial charge in [-0.15, -0.1) is 0 Å². The van der Waals surface area contributed by atoms with Gasteiger partial charge in [0.2, 0.25) is 0 Å². The molecule has 2 N–H and O–H groups in total. The molecule has 0 fully saturated rings. The minimum atomic E-state index is -0.0521. The Hall–Kier alpha value is -1.22. The quantitative estimate of drug-likeness (QED) is 0.839. The minimum Gasteiger partial charge on any atom is -0.399 e. The third-order valence-corrected chi connectivity index (χ3v) is 3.35. The molecule has 4 heteroatoms. The van der Waals surface area contributed by atoms with Gasteiger partial charge in [-0.05, 0) is 31.0 Å². The molecule has 0 aliphatic heterocycles. The molecule has 0 atom stereocenters.